The maximum absolute atomic E-state index is 5.30. The van der Waals surface area contributed by atoms with Crippen LogP contribution < -0.4 is 5.32 Å². The Labute approximate surface area is 87.8 Å². The molecule has 0 amide bonds. The van der Waals surface area contributed by atoms with E-state index in [4.69, 9.17) is 4.74 Å². The highest BCUT2D eigenvalue weighted by molar-refractivity contribution is 4.82. The second-order valence-corrected chi connectivity index (χ2v) is 4.40. The summed E-state index contributed by atoms with van der Waals surface area (Å²) in [6, 6.07) is 1.39. The minimum Gasteiger partial charge on any atom is -0.380 e. The van der Waals surface area contributed by atoms with Gasteiger partial charge in [0, 0.05) is 32.3 Å². The third-order valence-corrected chi connectivity index (χ3v) is 3.32. The first-order valence-electron chi connectivity index (χ1n) is 5.61. The van der Waals surface area contributed by atoms with E-state index in [1.165, 1.54) is 19.4 Å². The van der Waals surface area contributed by atoms with Crippen molar-refractivity contribution in [2.24, 2.45) is 0 Å². The molecule has 0 aromatic carbocycles. The SMILES string of the molecule is CNC1CCN(CC(C)OC)C(C)C1. The molecular formula is C11H24N2O. The van der Waals surface area contributed by atoms with E-state index >= 15 is 0 Å². The smallest absolute Gasteiger partial charge is 0.0670 e. The van der Waals surface area contributed by atoms with Crippen LogP contribution in [0.25, 0.3) is 0 Å². The van der Waals surface area contributed by atoms with Crippen molar-refractivity contribution in [2.45, 2.75) is 44.9 Å². The number of ether oxygens (including phenoxy) is 1. The maximum Gasteiger partial charge on any atom is 0.0670 e. The fraction of sp³-hybridized carbons (Fsp3) is 1.00. The molecule has 1 aliphatic rings. The zero-order chi connectivity index (χ0) is 10.6. The van der Waals surface area contributed by atoms with Gasteiger partial charge < -0.3 is 10.1 Å². The van der Waals surface area contributed by atoms with Crippen LogP contribution in [0.5, 0.6) is 0 Å². The second-order valence-electron chi connectivity index (χ2n) is 4.40. The Balaban J connectivity index is 2.34. The van der Waals surface area contributed by atoms with Crippen molar-refractivity contribution in [2.75, 3.05) is 27.2 Å². The molecule has 3 heteroatoms. The van der Waals surface area contributed by atoms with E-state index in [1.807, 2.05) is 0 Å². The average molecular weight is 200 g/mol. The van der Waals surface area contributed by atoms with Gasteiger partial charge in [0.1, 0.15) is 0 Å². The topological polar surface area (TPSA) is 24.5 Å². The van der Waals surface area contributed by atoms with E-state index in [1.54, 1.807) is 7.11 Å². The van der Waals surface area contributed by atoms with Gasteiger partial charge in [-0.25, -0.2) is 0 Å². The van der Waals surface area contributed by atoms with Gasteiger partial charge in [-0.3, -0.25) is 4.90 Å². The van der Waals surface area contributed by atoms with Crippen LogP contribution in [0.3, 0.4) is 0 Å². The number of methoxy groups -OCH3 is 1. The predicted molar refractivity (Wildman–Crippen MR) is 59.6 cm³/mol. The maximum atomic E-state index is 5.30. The van der Waals surface area contributed by atoms with Crippen LogP contribution in [0.1, 0.15) is 26.7 Å². The summed E-state index contributed by atoms with van der Waals surface area (Å²) in [6.07, 6.45) is 2.87. The number of nitrogens with zero attached hydrogens (tertiary/aromatic N) is 1. The highest BCUT2D eigenvalue weighted by Crippen LogP contribution is 2.17. The van der Waals surface area contributed by atoms with Gasteiger partial charge in [0.05, 0.1) is 6.10 Å². The Morgan fingerprint density at radius 1 is 1.57 bits per heavy atom. The van der Waals surface area contributed by atoms with Crippen LogP contribution >= 0.6 is 0 Å². The third-order valence-electron chi connectivity index (χ3n) is 3.32. The van der Waals surface area contributed by atoms with Crippen molar-refractivity contribution in [3.63, 3.8) is 0 Å². The highest BCUT2D eigenvalue weighted by Gasteiger charge is 2.25. The number of piperidine rings is 1. The summed E-state index contributed by atoms with van der Waals surface area (Å²) in [5, 5.41) is 3.36. The average Bonchev–Trinajstić information content (AvgIpc) is 2.20. The van der Waals surface area contributed by atoms with Gasteiger partial charge >= 0.3 is 0 Å². The van der Waals surface area contributed by atoms with Crippen LogP contribution in [0.2, 0.25) is 0 Å². The molecule has 0 aliphatic carbocycles. The monoisotopic (exact) mass is 200 g/mol. The van der Waals surface area contributed by atoms with Crippen molar-refractivity contribution in [3.05, 3.63) is 0 Å². The molecule has 1 aliphatic heterocycles. The van der Waals surface area contributed by atoms with E-state index in [-0.39, 0.29) is 0 Å². The standard InChI is InChI=1S/C11H24N2O/c1-9-7-11(12-3)5-6-13(9)8-10(2)14-4/h9-12H,5-8H2,1-4H3. The molecular weight excluding hydrogens is 176 g/mol. The van der Waals surface area contributed by atoms with Crippen molar-refractivity contribution < 1.29 is 4.74 Å². The molecule has 0 spiro atoms. The third kappa shape index (κ3) is 3.23. The van der Waals surface area contributed by atoms with Gasteiger partial charge in [-0.2, -0.15) is 0 Å². The van der Waals surface area contributed by atoms with Crippen molar-refractivity contribution in [1.29, 1.82) is 0 Å². The van der Waals surface area contributed by atoms with Gasteiger partial charge in [0.25, 0.3) is 0 Å². The lowest BCUT2D eigenvalue weighted by Crippen LogP contribution is -2.48. The fourth-order valence-corrected chi connectivity index (χ4v) is 2.16. The van der Waals surface area contributed by atoms with E-state index in [0.29, 0.717) is 18.2 Å². The van der Waals surface area contributed by atoms with E-state index in [9.17, 15) is 0 Å². The molecule has 0 aromatic rings. The van der Waals surface area contributed by atoms with Gasteiger partial charge in [0.15, 0.2) is 0 Å². The molecule has 1 rings (SSSR count). The Morgan fingerprint density at radius 2 is 2.29 bits per heavy atom. The van der Waals surface area contributed by atoms with Crippen LogP contribution in [-0.4, -0.2) is 50.3 Å². The molecule has 1 N–H and O–H groups in total. The first-order valence-corrected chi connectivity index (χ1v) is 5.61. The van der Waals surface area contributed by atoms with E-state index in [0.717, 1.165) is 6.54 Å². The highest BCUT2D eigenvalue weighted by atomic mass is 16.5. The normalized spacial score (nSPS) is 31.7. The number of likely N-dealkylation sites (tertiary alicyclic amines) is 1. The predicted octanol–water partition coefficient (Wildman–Crippen LogP) is 1.09. The van der Waals surface area contributed by atoms with Gasteiger partial charge in [-0.05, 0) is 33.7 Å². The summed E-state index contributed by atoms with van der Waals surface area (Å²) in [5.41, 5.74) is 0. The zero-order valence-electron chi connectivity index (χ0n) is 9.92. The lowest BCUT2D eigenvalue weighted by molar-refractivity contribution is 0.0450. The molecule has 3 unspecified atom stereocenters. The van der Waals surface area contributed by atoms with Crippen molar-refractivity contribution >= 4 is 0 Å². The minimum atomic E-state index is 0.351. The summed E-state index contributed by atoms with van der Waals surface area (Å²) in [7, 11) is 3.85. The van der Waals surface area contributed by atoms with Crippen LogP contribution in [0.4, 0.5) is 0 Å². The molecule has 84 valence electrons. The number of nitrogens with one attached hydrogen (secondary N) is 1. The minimum absolute atomic E-state index is 0.351. The van der Waals surface area contributed by atoms with Crippen LogP contribution in [0.15, 0.2) is 0 Å². The molecule has 14 heavy (non-hydrogen) atoms. The lowest BCUT2D eigenvalue weighted by Gasteiger charge is -2.38. The zero-order valence-corrected chi connectivity index (χ0v) is 9.92. The number of hydrogen-bond donors (Lipinski definition) is 1. The summed E-state index contributed by atoms with van der Waals surface area (Å²) in [6.45, 7) is 6.71. The fourth-order valence-electron chi connectivity index (χ4n) is 2.16. The molecule has 1 fully saturated rings. The quantitative estimate of drug-likeness (QED) is 0.735. The Kier molecular flexibility index (Phi) is 4.85. The van der Waals surface area contributed by atoms with Crippen LogP contribution in [-0.2, 0) is 4.74 Å². The first-order chi connectivity index (χ1) is 6.67. The first kappa shape index (κ1) is 12.0. The molecule has 1 saturated heterocycles. The summed E-state index contributed by atoms with van der Waals surface area (Å²) >= 11 is 0. The van der Waals surface area contributed by atoms with E-state index < -0.39 is 0 Å². The summed E-state index contributed by atoms with van der Waals surface area (Å²) < 4.78 is 5.30. The number of hydrogen-bond acceptors (Lipinski definition) is 3. The molecule has 0 bridgehead atoms. The van der Waals surface area contributed by atoms with Crippen molar-refractivity contribution in [1.82, 2.24) is 10.2 Å². The van der Waals surface area contributed by atoms with Gasteiger partial charge in [0.2, 0.25) is 0 Å². The van der Waals surface area contributed by atoms with Gasteiger partial charge in [-0.1, -0.05) is 0 Å². The second kappa shape index (κ2) is 5.69. The largest absolute Gasteiger partial charge is 0.380 e. The molecule has 3 atom stereocenters. The summed E-state index contributed by atoms with van der Waals surface area (Å²) in [4.78, 5) is 2.53. The molecule has 3 nitrogen and oxygen atoms in total. The Hall–Kier alpha value is -0.120. The molecule has 0 radical (unpaired) electrons. The number of rotatable bonds is 4. The molecule has 0 aromatic heterocycles. The Morgan fingerprint density at radius 3 is 2.79 bits per heavy atom. The molecule has 0 saturated carbocycles. The van der Waals surface area contributed by atoms with E-state index in [2.05, 4.69) is 31.1 Å². The van der Waals surface area contributed by atoms with Crippen LogP contribution in [0, 0.1) is 0 Å². The Bertz CT molecular complexity index is 163. The molecule has 1 heterocycles. The van der Waals surface area contributed by atoms with Crippen molar-refractivity contribution in [3.8, 4) is 0 Å². The summed E-state index contributed by atoms with van der Waals surface area (Å²) in [5.74, 6) is 0. The van der Waals surface area contributed by atoms with Gasteiger partial charge in [-0.15, -0.1) is 0 Å². The lowest BCUT2D eigenvalue weighted by atomic mass is 9.98.